The van der Waals surface area contributed by atoms with Crippen LogP contribution >= 0.6 is 0 Å². The average molecular weight is 325 g/mol. The van der Waals surface area contributed by atoms with Crippen molar-refractivity contribution in [1.29, 1.82) is 0 Å². The summed E-state index contributed by atoms with van der Waals surface area (Å²) in [6.45, 7) is 1.54. The van der Waals surface area contributed by atoms with E-state index in [4.69, 9.17) is 5.73 Å². The van der Waals surface area contributed by atoms with E-state index in [-0.39, 0.29) is 0 Å². The number of carbonyl (C=O) groups excluding carboxylic acids is 3. The number of rotatable bonds is 4. The lowest BCUT2D eigenvalue weighted by molar-refractivity contribution is -0.139. The molecule has 6 heteroatoms. The van der Waals surface area contributed by atoms with Crippen molar-refractivity contribution in [3.05, 3.63) is 60.2 Å². The van der Waals surface area contributed by atoms with Gasteiger partial charge >= 0.3 is 11.8 Å². The third-order valence-corrected chi connectivity index (χ3v) is 3.41. The van der Waals surface area contributed by atoms with E-state index in [1.54, 1.807) is 12.1 Å². The molecular formula is C18H19N3O3. The van der Waals surface area contributed by atoms with E-state index in [9.17, 15) is 14.4 Å². The van der Waals surface area contributed by atoms with Gasteiger partial charge in [-0.05, 0) is 36.2 Å². The van der Waals surface area contributed by atoms with Gasteiger partial charge in [-0.15, -0.1) is 0 Å². The van der Waals surface area contributed by atoms with Crippen LogP contribution < -0.4 is 16.0 Å². The maximum atomic E-state index is 12.3. The molecule has 0 bridgehead atoms. The van der Waals surface area contributed by atoms with Gasteiger partial charge in [0.1, 0.15) is 0 Å². The first-order valence-corrected chi connectivity index (χ1v) is 7.51. The second-order valence-corrected chi connectivity index (χ2v) is 5.24. The maximum Gasteiger partial charge on any atom is 0.323 e. The van der Waals surface area contributed by atoms with Crippen molar-refractivity contribution in [2.45, 2.75) is 13.3 Å². The Bertz CT molecular complexity index is 727. The number of hydrogen-bond acceptors (Lipinski definition) is 4. The summed E-state index contributed by atoms with van der Waals surface area (Å²) in [5.41, 5.74) is 7.45. The first-order chi connectivity index (χ1) is 11.5. The summed E-state index contributed by atoms with van der Waals surface area (Å²) in [6.07, 6.45) is 0.599. The molecule has 2 rings (SSSR count). The highest BCUT2D eigenvalue weighted by molar-refractivity contribution is 6.45. The molecule has 0 aromatic heterocycles. The molecule has 0 fully saturated rings. The molecule has 24 heavy (non-hydrogen) atoms. The molecule has 0 spiro atoms. The van der Waals surface area contributed by atoms with Crippen LogP contribution in [-0.4, -0.2) is 24.3 Å². The van der Waals surface area contributed by atoms with Crippen molar-refractivity contribution >= 4 is 29.1 Å². The fourth-order valence-corrected chi connectivity index (χ4v) is 2.21. The number of benzene rings is 2. The lowest BCUT2D eigenvalue weighted by atomic mass is 10.1. The summed E-state index contributed by atoms with van der Waals surface area (Å²) < 4.78 is 0. The minimum Gasteiger partial charge on any atom is -0.399 e. The molecule has 0 saturated heterocycles. The summed E-state index contributed by atoms with van der Waals surface area (Å²) in [6, 6.07) is 15.7. The Balaban J connectivity index is 2.00. The van der Waals surface area contributed by atoms with E-state index in [0.717, 1.165) is 10.5 Å². The number of nitrogens with zero attached hydrogens (tertiary/aromatic N) is 1. The lowest BCUT2D eigenvalue weighted by Crippen LogP contribution is -2.45. The molecule has 0 aliphatic carbocycles. The van der Waals surface area contributed by atoms with Crippen molar-refractivity contribution in [3.8, 4) is 0 Å². The predicted octanol–water partition coefficient (Wildman–Crippen LogP) is 1.51. The number of carbonyl (C=O) groups is 3. The monoisotopic (exact) mass is 325 g/mol. The molecule has 0 unspecified atom stereocenters. The number of amides is 3. The van der Waals surface area contributed by atoms with Crippen molar-refractivity contribution in [1.82, 2.24) is 5.32 Å². The van der Waals surface area contributed by atoms with Gasteiger partial charge in [0.2, 0.25) is 5.91 Å². The number of hydrogen-bond donors (Lipinski definition) is 2. The van der Waals surface area contributed by atoms with Crippen LogP contribution in [0.5, 0.6) is 0 Å². The standard InChI is InChI=1S/C18H19N3O3/c1-13(22)21(16-9-7-15(19)8-10-16)18(24)17(23)20-12-11-14-5-3-2-4-6-14/h2-10H,11-12,19H2,1H3,(H,20,23). The molecule has 124 valence electrons. The van der Waals surface area contributed by atoms with Gasteiger partial charge in [0.05, 0.1) is 5.69 Å². The van der Waals surface area contributed by atoms with E-state index >= 15 is 0 Å². The summed E-state index contributed by atoms with van der Waals surface area (Å²) in [7, 11) is 0. The van der Waals surface area contributed by atoms with Crippen LogP contribution in [0, 0.1) is 0 Å². The molecule has 0 aliphatic heterocycles. The Morgan fingerprint density at radius 2 is 1.62 bits per heavy atom. The number of imide groups is 1. The van der Waals surface area contributed by atoms with Crippen molar-refractivity contribution < 1.29 is 14.4 Å². The number of nitrogens with two attached hydrogens (primary N) is 1. The third kappa shape index (κ3) is 4.42. The normalized spacial score (nSPS) is 10.0. The van der Waals surface area contributed by atoms with Gasteiger partial charge in [-0.2, -0.15) is 0 Å². The Morgan fingerprint density at radius 3 is 2.21 bits per heavy atom. The molecule has 0 aliphatic rings. The summed E-state index contributed by atoms with van der Waals surface area (Å²) in [4.78, 5) is 36.9. The third-order valence-electron chi connectivity index (χ3n) is 3.41. The Morgan fingerprint density at radius 1 is 1.00 bits per heavy atom. The summed E-state index contributed by atoms with van der Waals surface area (Å²) in [5, 5.41) is 2.54. The zero-order valence-electron chi connectivity index (χ0n) is 13.4. The van der Waals surface area contributed by atoms with Gasteiger partial charge in [-0.3, -0.25) is 14.4 Å². The predicted molar refractivity (Wildman–Crippen MR) is 92.2 cm³/mol. The van der Waals surface area contributed by atoms with Crippen LogP contribution in [0.3, 0.4) is 0 Å². The van der Waals surface area contributed by atoms with Gasteiger partial charge in [0.15, 0.2) is 0 Å². The number of nitrogens with one attached hydrogen (secondary N) is 1. The molecular weight excluding hydrogens is 306 g/mol. The lowest BCUT2D eigenvalue weighted by Gasteiger charge is -2.18. The maximum absolute atomic E-state index is 12.3. The van der Waals surface area contributed by atoms with Crippen molar-refractivity contribution in [3.63, 3.8) is 0 Å². The first kappa shape index (κ1) is 17.2. The highest BCUT2D eigenvalue weighted by Gasteiger charge is 2.26. The molecule has 3 amide bonds. The smallest absolute Gasteiger partial charge is 0.323 e. The largest absolute Gasteiger partial charge is 0.399 e. The van der Waals surface area contributed by atoms with E-state index in [1.807, 2.05) is 30.3 Å². The van der Waals surface area contributed by atoms with E-state index in [0.29, 0.717) is 24.3 Å². The second kappa shape index (κ2) is 7.92. The fraction of sp³-hybridized carbons (Fsp3) is 0.167. The number of nitrogen functional groups attached to an aromatic ring is 1. The van der Waals surface area contributed by atoms with Crippen LogP contribution in [0.1, 0.15) is 12.5 Å². The Labute approximate surface area is 140 Å². The van der Waals surface area contributed by atoms with Crippen LogP contribution in [0.2, 0.25) is 0 Å². The van der Waals surface area contributed by atoms with Crippen LogP contribution in [0.25, 0.3) is 0 Å². The van der Waals surface area contributed by atoms with Crippen molar-refractivity contribution in [2.75, 3.05) is 17.2 Å². The molecule has 0 radical (unpaired) electrons. The van der Waals surface area contributed by atoms with E-state index in [2.05, 4.69) is 5.32 Å². The molecule has 2 aromatic rings. The highest BCUT2D eigenvalue weighted by Crippen LogP contribution is 2.17. The zero-order chi connectivity index (χ0) is 17.5. The molecule has 0 saturated carbocycles. The zero-order valence-corrected chi connectivity index (χ0v) is 13.4. The van der Waals surface area contributed by atoms with Crippen LogP contribution in [-0.2, 0) is 20.8 Å². The van der Waals surface area contributed by atoms with Gasteiger partial charge in [0.25, 0.3) is 0 Å². The first-order valence-electron chi connectivity index (χ1n) is 7.51. The minimum atomic E-state index is -0.916. The van der Waals surface area contributed by atoms with Crippen molar-refractivity contribution in [2.24, 2.45) is 0 Å². The summed E-state index contributed by atoms with van der Waals surface area (Å²) in [5.74, 6) is -2.28. The minimum absolute atomic E-state index is 0.305. The van der Waals surface area contributed by atoms with Crippen LogP contribution in [0.4, 0.5) is 11.4 Å². The van der Waals surface area contributed by atoms with E-state index < -0.39 is 17.7 Å². The number of anilines is 2. The molecule has 2 aromatic carbocycles. The SMILES string of the molecule is CC(=O)N(C(=O)C(=O)NCCc1ccccc1)c1ccc(N)cc1. The van der Waals surface area contributed by atoms with Gasteiger partial charge in [0, 0.05) is 19.2 Å². The topological polar surface area (TPSA) is 92.5 Å². The average Bonchev–Trinajstić information content (AvgIpc) is 2.57. The van der Waals surface area contributed by atoms with Gasteiger partial charge in [-0.1, -0.05) is 30.3 Å². The van der Waals surface area contributed by atoms with Gasteiger partial charge < -0.3 is 11.1 Å². The highest BCUT2D eigenvalue weighted by atomic mass is 16.2. The van der Waals surface area contributed by atoms with Gasteiger partial charge in [-0.25, -0.2) is 4.90 Å². The Hall–Kier alpha value is -3.15. The quantitative estimate of drug-likeness (QED) is 0.658. The van der Waals surface area contributed by atoms with Crippen LogP contribution in [0.15, 0.2) is 54.6 Å². The molecule has 0 atom stereocenters. The Kier molecular flexibility index (Phi) is 5.68. The molecule has 0 heterocycles. The fourth-order valence-electron chi connectivity index (χ4n) is 2.21. The molecule has 3 N–H and O–H groups in total. The van der Waals surface area contributed by atoms with E-state index in [1.165, 1.54) is 19.1 Å². The second-order valence-electron chi connectivity index (χ2n) is 5.24. The summed E-state index contributed by atoms with van der Waals surface area (Å²) >= 11 is 0. The molecule has 6 nitrogen and oxygen atoms in total.